The number of hydrogen-bond donors (Lipinski definition) is 1. The van der Waals surface area contributed by atoms with Crippen LogP contribution in [0.15, 0.2) is 30.3 Å². The van der Waals surface area contributed by atoms with Crippen molar-refractivity contribution in [3.63, 3.8) is 0 Å². The number of pyridine rings is 1. The predicted octanol–water partition coefficient (Wildman–Crippen LogP) is 3.12. The van der Waals surface area contributed by atoms with Gasteiger partial charge in [-0.1, -0.05) is 29.3 Å². The fourth-order valence-electron chi connectivity index (χ4n) is 1.83. The van der Waals surface area contributed by atoms with Gasteiger partial charge >= 0.3 is 0 Å². The van der Waals surface area contributed by atoms with Gasteiger partial charge in [-0.25, -0.2) is 4.98 Å². The number of aromatic nitrogens is 1. The van der Waals surface area contributed by atoms with E-state index in [2.05, 4.69) is 4.98 Å². The van der Waals surface area contributed by atoms with E-state index >= 15 is 0 Å². The number of nitrogens with two attached hydrogens (primary N) is 1. The molecule has 2 rings (SSSR count). The Bertz CT molecular complexity index is 623. The minimum Gasteiger partial charge on any atom is -0.364 e. The monoisotopic (exact) mass is 260 g/mol. The van der Waals surface area contributed by atoms with Crippen molar-refractivity contribution in [3.05, 3.63) is 52.3 Å². The molecule has 3 nitrogen and oxygen atoms in total. The number of nitrogens with zero attached hydrogens (tertiary/aromatic N) is 1. The minimum absolute atomic E-state index is 0.264. The molecule has 4 heteroatoms. The van der Waals surface area contributed by atoms with E-state index < -0.39 is 5.91 Å². The summed E-state index contributed by atoms with van der Waals surface area (Å²) >= 11 is 6.19. The van der Waals surface area contributed by atoms with Crippen LogP contribution in [0.4, 0.5) is 0 Å². The fraction of sp³-hybridized carbons (Fsp3) is 0.143. The van der Waals surface area contributed by atoms with Crippen molar-refractivity contribution >= 4 is 17.5 Å². The highest BCUT2D eigenvalue weighted by atomic mass is 35.5. The maximum absolute atomic E-state index is 11.1. The van der Waals surface area contributed by atoms with Crippen LogP contribution in [0, 0.1) is 13.8 Å². The number of aryl methyl sites for hydroxylation is 2. The molecule has 0 bridgehead atoms. The summed E-state index contributed by atoms with van der Waals surface area (Å²) in [5, 5.41) is 0.664. The van der Waals surface area contributed by atoms with Gasteiger partial charge in [0.2, 0.25) is 0 Å². The van der Waals surface area contributed by atoms with Crippen molar-refractivity contribution in [1.29, 1.82) is 0 Å². The molecule has 0 aliphatic rings. The van der Waals surface area contributed by atoms with Crippen LogP contribution in [0.25, 0.3) is 11.1 Å². The first-order valence-electron chi connectivity index (χ1n) is 5.53. The van der Waals surface area contributed by atoms with Crippen molar-refractivity contribution in [2.75, 3.05) is 0 Å². The van der Waals surface area contributed by atoms with Crippen molar-refractivity contribution in [2.45, 2.75) is 13.8 Å². The number of amides is 1. The quantitative estimate of drug-likeness (QED) is 0.902. The van der Waals surface area contributed by atoms with Crippen LogP contribution >= 0.6 is 11.6 Å². The summed E-state index contributed by atoms with van der Waals surface area (Å²) in [6, 6.07) is 9.24. The zero-order valence-electron chi connectivity index (χ0n) is 10.2. The molecule has 2 N–H and O–H groups in total. The van der Waals surface area contributed by atoms with E-state index in [4.69, 9.17) is 17.3 Å². The third kappa shape index (κ3) is 2.36. The molecule has 0 radical (unpaired) electrons. The fourth-order valence-corrected chi connectivity index (χ4v) is 2.05. The minimum atomic E-state index is -0.528. The summed E-state index contributed by atoms with van der Waals surface area (Å²) in [5.74, 6) is -0.528. The Morgan fingerprint density at radius 2 is 1.89 bits per heavy atom. The third-order valence-electron chi connectivity index (χ3n) is 2.75. The molecule has 1 aromatic carbocycles. The van der Waals surface area contributed by atoms with Gasteiger partial charge in [-0.05, 0) is 32.0 Å². The molecule has 18 heavy (non-hydrogen) atoms. The maximum Gasteiger partial charge on any atom is 0.267 e. The smallest absolute Gasteiger partial charge is 0.267 e. The lowest BCUT2D eigenvalue weighted by atomic mass is 10.0. The number of carbonyl (C=O) groups excluding carboxylic acids is 1. The molecular formula is C14H13ClN2O. The van der Waals surface area contributed by atoms with Gasteiger partial charge in [0, 0.05) is 21.8 Å². The van der Waals surface area contributed by atoms with Crippen LogP contribution < -0.4 is 5.73 Å². The van der Waals surface area contributed by atoms with Gasteiger partial charge in [-0.15, -0.1) is 0 Å². The summed E-state index contributed by atoms with van der Waals surface area (Å²) in [7, 11) is 0. The summed E-state index contributed by atoms with van der Waals surface area (Å²) in [6.07, 6.45) is 0. The van der Waals surface area contributed by atoms with Crippen molar-refractivity contribution in [3.8, 4) is 11.1 Å². The molecule has 2 aromatic rings. The Kier molecular flexibility index (Phi) is 3.34. The zero-order valence-corrected chi connectivity index (χ0v) is 11.0. The van der Waals surface area contributed by atoms with Crippen molar-refractivity contribution in [2.24, 2.45) is 5.73 Å². The molecule has 1 heterocycles. The number of primary amides is 1. The van der Waals surface area contributed by atoms with Crippen LogP contribution in [0.3, 0.4) is 0 Å². The number of rotatable bonds is 2. The van der Waals surface area contributed by atoms with E-state index in [1.54, 1.807) is 6.07 Å². The Hall–Kier alpha value is -1.87. The molecule has 0 fully saturated rings. The standard InChI is InChI=1S/C14H13ClN2O/c1-8-3-5-12(15)11(7-8)10-4-6-13(14(16)18)17-9(10)2/h3-7H,1-2H3,(H2,16,18). The Labute approximate surface area is 111 Å². The van der Waals surface area contributed by atoms with Crippen LogP contribution in [0.5, 0.6) is 0 Å². The van der Waals surface area contributed by atoms with Crippen LogP contribution in [0.1, 0.15) is 21.7 Å². The molecule has 0 aliphatic heterocycles. The molecule has 0 unspecified atom stereocenters. The summed E-state index contributed by atoms with van der Waals surface area (Å²) < 4.78 is 0. The Morgan fingerprint density at radius 1 is 1.17 bits per heavy atom. The van der Waals surface area contributed by atoms with Crippen LogP contribution in [-0.4, -0.2) is 10.9 Å². The molecule has 0 aliphatic carbocycles. The summed E-state index contributed by atoms with van der Waals surface area (Å²) in [4.78, 5) is 15.2. The molecule has 92 valence electrons. The maximum atomic E-state index is 11.1. The second-order valence-corrected chi connectivity index (χ2v) is 4.58. The van der Waals surface area contributed by atoms with Crippen LogP contribution in [-0.2, 0) is 0 Å². The zero-order chi connectivity index (χ0) is 13.3. The summed E-state index contributed by atoms with van der Waals surface area (Å²) in [5.41, 5.74) is 9.14. The molecule has 0 saturated carbocycles. The second-order valence-electron chi connectivity index (χ2n) is 4.18. The SMILES string of the molecule is Cc1ccc(Cl)c(-c2ccc(C(N)=O)nc2C)c1. The Balaban J connectivity index is 2.58. The number of hydrogen-bond acceptors (Lipinski definition) is 2. The lowest BCUT2D eigenvalue weighted by Gasteiger charge is -2.09. The third-order valence-corrected chi connectivity index (χ3v) is 3.08. The second kappa shape index (κ2) is 4.78. The number of halogens is 1. The van der Waals surface area contributed by atoms with Gasteiger partial charge in [0.25, 0.3) is 5.91 Å². The molecule has 0 atom stereocenters. The summed E-state index contributed by atoms with van der Waals surface area (Å²) in [6.45, 7) is 3.83. The van der Waals surface area contributed by atoms with E-state index in [1.165, 1.54) is 0 Å². The molecule has 1 amide bonds. The van der Waals surface area contributed by atoms with E-state index in [9.17, 15) is 4.79 Å². The number of benzene rings is 1. The van der Waals surface area contributed by atoms with E-state index in [0.717, 1.165) is 22.4 Å². The van der Waals surface area contributed by atoms with Gasteiger partial charge < -0.3 is 5.73 Å². The molecule has 0 saturated heterocycles. The topological polar surface area (TPSA) is 56.0 Å². The molecule has 0 spiro atoms. The first-order valence-corrected chi connectivity index (χ1v) is 5.91. The number of carbonyl (C=O) groups is 1. The van der Waals surface area contributed by atoms with Gasteiger partial charge in [0.1, 0.15) is 5.69 Å². The lowest BCUT2D eigenvalue weighted by Crippen LogP contribution is -2.13. The van der Waals surface area contributed by atoms with Crippen molar-refractivity contribution in [1.82, 2.24) is 4.98 Å². The highest BCUT2D eigenvalue weighted by Crippen LogP contribution is 2.30. The highest BCUT2D eigenvalue weighted by molar-refractivity contribution is 6.33. The average molecular weight is 261 g/mol. The molecular weight excluding hydrogens is 248 g/mol. The van der Waals surface area contributed by atoms with Crippen molar-refractivity contribution < 1.29 is 4.79 Å². The highest BCUT2D eigenvalue weighted by Gasteiger charge is 2.10. The van der Waals surface area contributed by atoms with Crippen LogP contribution in [0.2, 0.25) is 5.02 Å². The van der Waals surface area contributed by atoms with E-state index in [-0.39, 0.29) is 5.69 Å². The lowest BCUT2D eigenvalue weighted by molar-refractivity contribution is 0.0995. The molecule has 1 aromatic heterocycles. The van der Waals surface area contributed by atoms with E-state index in [0.29, 0.717) is 5.02 Å². The Morgan fingerprint density at radius 3 is 2.50 bits per heavy atom. The van der Waals surface area contributed by atoms with Gasteiger partial charge in [0.05, 0.1) is 0 Å². The largest absolute Gasteiger partial charge is 0.364 e. The van der Waals surface area contributed by atoms with Gasteiger partial charge in [0.15, 0.2) is 0 Å². The predicted molar refractivity (Wildman–Crippen MR) is 72.7 cm³/mol. The van der Waals surface area contributed by atoms with E-state index in [1.807, 2.05) is 38.1 Å². The van der Waals surface area contributed by atoms with Gasteiger partial charge in [-0.3, -0.25) is 4.79 Å². The van der Waals surface area contributed by atoms with Gasteiger partial charge in [-0.2, -0.15) is 0 Å². The average Bonchev–Trinajstić information content (AvgIpc) is 2.32. The first-order chi connectivity index (χ1) is 8.49. The first kappa shape index (κ1) is 12.6. The normalized spacial score (nSPS) is 10.4.